The number of aryl methyl sites for hydroxylation is 1. The van der Waals surface area contributed by atoms with Crippen molar-refractivity contribution in [3.63, 3.8) is 0 Å². The molecule has 25 heavy (non-hydrogen) atoms. The molecular formula is C18H18BrClN2O2S. The molecule has 4 nitrogen and oxygen atoms in total. The van der Waals surface area contributed by atoms with E-state index in [0.717, 1.165) is 29.5 Å². The SMILES string of the molecule is O=C(CCCc1ccc(Br)s1)Nc1ccc(Cl)c(C(=O)NC2CC2)c1. The van der Waals surface area contributed by atoms with Crippen LogP contribution in [0.2, 0.25) is 5.02 Å². The predicted molar refractivity (Wildman–Crippen MR) is 106 cm³/mol. The zero-order chi connectivity index (χ0) is 17.8. The molecule has 0 bridgehead atoms. The topological polar surface area (TPSA) is 58.2 Å². The Balaban J connectivity index is 1.52. The normalized spacial score (nSPS) is 13.5. The summed E-state index contributed by atoms with van der Waals surface area (Å²) in [7, 11) is 0. The van der Waals surface area contributed by atoms with Gasteiger partial charge in [0.1, 0.15) is 0 Å². The van der Waals surface area contributed by atoms with Gasteiger partial charge in [-0.3, -0.25) is 9.59 Å². The van der Waals surface area contributed by atoms with Crippen LogP contribution in [0.3, 0.4) is 0 Å². The number of rotatable bonds is 7. The molecular weight excluding hydrogens is 424 g/mol. The van der Waals surface area contributed by atoms with Crippen LogP contribution in [0.4, 0.5) is 5.69 Å². The molecule has 2 aromatic rings. The smallest absolute Gasteiger partial charge is 0.253 e. The van der Waals surface area contributed by atoms with Crippen molar-refractivity contribution in [1.29, 1.82) is 0 Å². The largest absolute Gasteiger partial charge is 0.349 e. The zero-order valence-corrected chi connectivity index (χ0v) is 16.6. The Morgan fingerprint density at radius 2 is 2.04 bits per heavy atom. The van der Waals surface area contributed by atoms with E-state index < -0.39 is 0 Å². The molecule has 1 aromatic heterocycles. The van der Waals surface area contributed by atoms with Gasteiger partial charge in [-0.2, -0.15) is 0 Å². The Labute approximate surface area is 164 Å². The lowest BCUT2D eigenvalue weighted by atomic mass is 10.1. The molecule has 0 atom stereocenters. The number of hydrogen-bond acceptors (Lipinski definition) is 3. The van der Waals surface area contributed by atoms with Gasteiger partial charge in [-0.05, 0) is 71.9 Å². The number of nitrogens with one attached hydrogen (secondary N) is 2. The number of carbonyl (C=O) groups excluding carboxylic acids is 2. The highest BCUT2D eigenvalue weighted by Gasteiger charge is 2.24. The van der Waals surface area contributed by atoms with Crippen molar-refractivity contribution < 1.29 is 9.59 Å². The van der Waals surface area contributed by atoms with Gasteiger partial charge >= 0.3 is 0 Å². The number of thiophene rings is 1. The molecule has 1 fully saturated rings. The second-order valence-electron chi connectivity index (χ2n) is 6.05. The molecule has 2 amide bonds. The Morgan fingerprint density at radius 1 is 1.24 bits per heavy atom. The van der Waals surface area contributed by atoms with Gasteiger partial charge in [0, 0.05) is 23.0 Å². The summed E-state index contributed by atoms with van der Waals surface area (Å²) in [6, 6.07) is 9.33. The average Bonchev–Trinajstić information content (AvgIpc) is 3.29. The van der Waals surface area contributed by atoms with E-state index in [-0.39, 0.29) is 17.9 Å². The van der Waals surface area contributed by atoms with Gasteiger partial charge in [-0.15, -0.1) is 11.3 Å². The summed E-state index contributed by atoms with van der Waals surface area (Å²) in [5, 5.41) is 6.14. The highest BCUT2D eigenvalue weighted by atomic mass is 79.9. The minimum absolute atomic E-state index is 0.0634. The summed E-state index contributed by atoms with van der Waals surface area (Å²) >= 11 is 11.2. The third kappa shape index (κ3) is 5.56. The van der Waals surface area contributed by atoms with E-state index in [4.69, 9.17) is 11.6 Å². The predicted octanol–water partition coefficient (Wildman–Crippen LogP) is 5.02. The van der Waals surface area contributed by atoms with Crippen LogP contribution in [0.25, 0.3) is 0 Å². The third-order valence-electron chi connectivity index (χ3n) is 3.86. The summed E-state index contributed by atoms with van der Waals surface area (Å²) < 4.78 is 1.10. The maximum Gasteiger partial charge on any atom is 0.253 e. The van der Waals surface area contributed by atoms with Gasteiger partial charge in [0.15, 0.2) is 0 Å². The molecule has 1 aliphatic carbocycles. The fraction of sp³-hybridized carbons (Fsp3) is 0.333. The number of anilines is 1. The van der Waals surface area contributed by atoms with Crippen LogP contribution in [-0.2, 0) is 11.2 Å². The molecule has 1 saturated carbocycles. The van der Waals surface area contributed by atoms with E-state index >= 15 is 0 Å². The fourth-order valence-electron chi connectivity index (χ4n) is 2.40. The molecule has 132 valence electrons. The summed E-state index contributed by atoms with van der Waals surface area (Å²) in [5.74, 6) is -0.252. The maximum absolute atomic E-state index is 12.2. The Morgan fingerprint density at radius 3 is 2.72 bits per heavy atom. The van der Waals surface area contributed by atoms with Crippen molar-refractivity contribution in [3.8, 4) is 0 Å². The van der Waals surface area contributed by atoms with Gasteiger partial charge < -0.3 is 10.6 Å². The van der Waals surface area contributed by atoms with Crippen LogP contribution in [0.5, 0.6) is 0 Å². The summed E-state index contributed by atoms with van der Waals surface area (Å²) in [5.41, 5.74) is 0.990. The Hall–Kier alpha value is -1.37. The summed E-state index contributed by atoms with van der Waals surface area (Å²) in [6.45, 7) is 0. The molecule has 0 unspecified atom stereocenters. The highest BCUT2D eigenvalue weighted by Crippen LogP contribution is 2.25. The van der Waals surface area contributed by atoms with Crippen LogP contribution in [0.1, 0.15) is 40.9 Å². The summed E-state index contributed by atoms with van der Waals surface area (Å²) in [4.78, 5) is 25.5. The first kappa shape index (κ1) is 18.4. The van der Waals surface area contributed by atoms with Crippen molar-refractivity contribution in [1.82, 2.24) is 5.32 Å². The number of halogens is 2. The third-order valence-corrected chi connectivity index (χ3v) is 5.88. The second-order valence-corrected chi connectivity index (χ2v) is 9.00. The molecule has 0 aliphatic heterocycles. The molecule has 0 spiro atoms. The van der Waals surface area contributed by atoms with Crippen molar-refractivity contribution >= 4 is 56.4 Å². The molecule has 1 aliphatic rings. The molecule has 3 rings (SSSR count). The first-order valence-electron chi connectivity index (χ1n) is 8.16. The quantitative estimate of drug-likeness (QED) is 0.634. The van der Waals surface area contributed by atoms with E-state index in [0.29, 0.717) is 22.7 Å². The number of hydrogen-bond donors (Lipinski definition) is 2. The van der Waals surface area contributed by atoms with Crippen LogP contribution in [-0.4, -0.2) is 17.9 Å². The monoisotopic (exact) mass is 440 g/mol. The first-order valence-corrected chi connectivity index (χ1v) is 10.1. The second kappa shape index (κ2) is 8.34. The molecule has 0 radical (unpaired) electrons. The molecule has 1 aromatic carbocycles. The van der Waals surface area contributed by atoms with Crippen LogP contribution in [0, 0.1) is 0 Å². The summed E-state index contributed by atoms with van der Waals surface area (Å²) in [6.07, 6.45) is 4.11. The lowest BCUT2D eigenvalue weighted by molar-refractivity contribution is -0.116. The van der Waals surface area contributed by atoms with E-state index in [2.05, 4.69) is 32.6 Å². The van der Waals surface area contributed by atoms with E-state index in [1.54, 1.807) is 29.5 Å². The lowest BCUT2D eigenvalue weighted by Crippen LogP contribution is -2.25. The molecule has 7 heteroatoms. The lowest BCUT2D eigenvalue weighted by Gasteiger charge is -2.09. The van der Waals surface area contributed by atoms with Gasteiger partial charge in [0.25, 0.3) is 5.91 Å². The number of carbonyl (C=O) groups is 2. The highest BCUT2D eigenvalue weighted by molar-refractivity contribution is 9.11. The first-order chi connectivity index (χ1) is 12.0. The van der Waals surface area contributed by atoms with E-state index in [1.165, 1.54) is 4.88 Å². The van der Waals surface area contributed by atoms with Gasteiger partial charge in [0.2, 0.25) is 5.91 Å². The fourth-order valence-corrected chi connectivity index (χ4v) is 4.13. The van der Waals surface area contributed by atoms with Crippen molar-refractivity contribution in [2.75, 3.05) is 5.32 Å². The number of amides is 2. The van der Waals surface area contributed by atoms with E-state index in [9.17, 15) is 9.59 Å². The molecule has 0 saturated heterocycles. The number of benzene rings is 1. The zero-order valence-electron chi connectivity index (χ0n) is 13.5. The van der Waals surface area contributed by atoms with Gasteiger partial charge in [-0.1, -0.05) is 11.6 Å². The van der Waals surface area contributed by atoms with Crippen LogP contribution in [0.15, 0.2) is 34.1 Å². The Bertz CT molecular complexity index is 789. The van der Waals surface area contributed by atoms with Crippen molar-refractivity contribution in [2.24, 2.45) is 0 Å². The average molecular weight is 442 g/mol. The van der Waals surface area contributed by atoms with Crippen LogP contribution < -0.4 is 10.6 Å². The van der Waals surface area contributed by atoms with Crippen molar-refractivity contribution in [2.45, 2.75) is 38.1 Å². The van der Waals surface area contributed by atoms with E-state index in [1.807, 2.05) is 6.07 Å². The Kier molecular flexibility index (Phi) is 6.15. The van der Waals surface area contributed by atoms with Crippen LogP contribution >= 0.6 is 38.9 Å². The standard InChI is InChI=1S/C18H18BrClN2O2S/c19-16-9-7-13(25-16)2-1-3-17(23)21-12-6-8-15(20)14(10-12)18(24)22-11-4-5-11/h6-11H,1-5H2,(H,21,23)(H,22,24). The van der Waals surface area contributed by atoms with Gasteiger partial charge in [-0.25, -0.2) is 0 Å². The molecule has 1 heterocycles. The minimum Gasteiger partial charge on any atom is -0.349 e. The maximum atomic E-state index is 12.2. The minimum atomic E-state index is -0.188. The molecule has 2 N–H and O–H groups in total. The van der Waals surface area contributed by atoms with Gasteiger partial charge in [0.05, 0.1) is 14.4 Å². The van der Waals surface area contributed by atoms with Crippen molar-refractivity contribution in [3.05, 3.63) is 49.6 Å².